The van der Waals surface area contributed by atoms with Crippen LogP contribution >= 0.6 is 22.9 Å². The van der Waals surface area contributed by atoms with Crippen LogP contribution in [0.2, 0.25) is 0 Å². The molecule has 0 fully saturated rings. The minimum absolute atomic E-state index is 0.364. The van der Waals surface area contributed by atoms with Crippen molar-refractivity contribution >= 4 is 22.9 Å². The molecule has 2 rings (SSSR count). The predicted octanol–water partition coefficient (Wildman–Crippen LogP) is 2.62. The van der Waals surface area contributed by atoms with E-state index in [1.54, 1.807) is 0 Å². The van der Waals surface area contributed by atoms with Crippen LogP contribution in [0.3, 0.4) is 0 Å². The van der Waals surface area contributed by atoms with E-state index in [4.69, 9.17) is 5.73 Å². The minimum Gasteiger partial charge on any atom is -0.319 e. The van der Waals surface area contributed by atoms with E-state index in [-0.39, 0.29) is 0 Å². The lowest BCUT2D eigenvalue weighted by Gasteiger charge is -2.06. The molecule has 0 aliphatic heterocycles. The Morgan fingerprint density at radius 1 is 1.44 bits per heavy atom. The Hall–Kier alpha value is -1.06. The topological polar surface area (TPSA) is 64.7 Å². The van der Waals surface area contributed by atoms with Crippen molar-refractivity contribution in [1.82, 2.24) is 14.6 Å². The maximum atomic E-state index is 12.4. The van der Waals surface area contributed by atoms with Gasteiger partial charge >= 0.3 is 6.18 Å². The van der Waals surface area contributed by atoms with Crippen molar-refractivity contribution in [2.24, 2.45) is 5.73 Å². The average Bonchev–Trinajstić information content (AvgIpc) is 2.96. The van der Waals surface area contributed by atoms with Gasteiger partial charge in [0.1, 0.15) is 0 Å². The van der Waals surface area contributed by atoms with Crippen LogP contribution in [-0.4, -0.2) is 14.6 Å². The lowest BCUT2D eigenvalue weighted by Crippen LogP contribution is -2.10. The number of halogens is 3. The SMILES string of the molecule is CCc1nnsc1C(N)c1cnc(C(F)(F)F)s1. The third-order valence-electron chi connectivity index (χ3n) is 2.28. The molecule has 0 aromatic carbocycles. The maximum Gasteiger partial charge on any atom is 0.443 e. The van der Waals surface area contributed by atoms with Gasteiger partial charge in [-0.3, -0.25) is 0 Å². The largest absolute Gasteiger partial charge is 0.443 e. The molecule has 0 bridgehead atoms. The second-order valence-electron chi connectivity index (χ2n) is 3.48. The molecular weight excluding hydrogens is 285 g/mol. The molecule has 0 amide bonds. The van der Waals surface area contributed by atoms with Gasteiger partial charge in [-0.2, -0.15) is 13.2 Å². The monoisotopic (exact) mass is 294 g/mol. The fourth-order valence-electron chi connectivity index (χ4n) is 1.39. The van der Waals surface area contributed by atoms with E-state index in [1.165, 1.54) is 0 Å². The average molecular weight is 294 g/mol. The molecule has 2 aromatic rings. The number of nitrogens with two attached hydrogens (primary N) is 1. The summed E-state index contributed by atoms with van der Waals surface area (Å²) >= 11 is 1.66. The van der Waals surface area contributed by atoms with Crippen molar-refractivity contribution in [3.63, 3.8) is 0 Å². The maximum absolute atomic E-state index is 12.4. The number of aryl methyl sites for hydroxylation is 1. The highest BCUT2D eigenvalue weighted by Gasteiger charge is 2.35. The first-order valence-electron chi connectivity index (χ1n) is 5.03. The summed E-state index contributed by atoms with van der Waals surface area (Å²) in [5, 5.41) is 3.00. The summed E-state index contributed by atoms with van der Waals surface area (Å²) in [5.74, 6) is 0. The van der Waals surface area contributed by atoms with E-state index in [0.717, 1.165) is 23.4 Å². The van der Waals surface area contributed by atoms with Crippen LogP contribution in [0, 0.1) is 0 Å². The van der Waals surface area contributed by atoms with E-state index in [1.807, 2.05) is 6.92 Å². The lowest BCUT2D eigenvalue weighted by atomic mass is 10.2. The first-order valence-corrected chi connectivity index (χ1v) is 6.62. The fourth-order valence-corrected chi connectivity index (χ4v) is 3.02. The van der Waals surface area contributed by atoms with Crippen molar-refractivity contribution in [2.45, 2.75) is 25.6 Å². The van der Waals surface area contributed by atoms with E-state index in [9.17, 15) is 13.2 Å². The molecule has 0 aliphatic carbocycles. The molecule has 0 radical (unpaired) electrons. The molecule has 0 aliphatic rings. The Balaban J connectivity index is 2.29. The van der Waals surface area contributed by atoms with Crippen molar-refractivity contribution in [3.8, 4) is 0 Å². The first-order chi connectivity index (χ1) is 8.43. The van der Waals surface area contributed by atoms with Crippen molar-refractivity contribution in [1.29, 1.82) is 0 Å². The second kappa shape index (κ2) is 4.90. The van der Waals surface area contributed by atoms with Crippen LogP contribution in [0.1, 0.15) is 33.4 Å². The lowest BCUT2D eigenvalue weighted by molar-refractivity contribution is -0.137. The summed E-state index contributed by atoms with van der Waals surface area (Å²) < 4.78 is 41.1. The highest BCUT2D eigenvalue weighted by atomic mass is 32.1. The number of hydrogen-bond acceptors (Lipinski definition) is 6. The molecule has 0 saturated carbocycles. The van der Waals surface area contributed by atoms with Gasteiger partial charge in [0, 0.05) is 11.1 Å². The molecule has 18 heavy (non-hydrogen) atoms. The van der Waals surface area contributed by atoms with Crippen molar-refractivity contribution in [3.05, 3.63) is 26.7 Å². The van der Waals surface area contributed by atoms with Crippen LogP contribution < -0.4 is 5.73 Å². The van der Waals surface area contributed by atoms with Gasteiger partial charge in [0.15, 0.2) is 5.01 Å². The van der Waals surface area contributed by atoms with Gasteiger partial charge in [0.25, 0.3) is 0 Å². The van der Waals surface area contributed by atoms with Crippen LogP contribution in [0.5, 0.6) is 0 Å². The Kier molecular flexibility index (Phi) is 3.64. The van der Waals surface area contributed by atoms with Crippen LogP contribution in [0.25, 0.3) is 0 Å². The van der Waals surface area contributed by atoms with Crippen LogP contribution in [-0.2, 0) is 12.6 Å². The number of alkyl halides is 3. The van der Waals surface area contributed by atoms with Gasteiger partial charge in [0.05, 0.1) is 16.6 Å². The summed E-state index contributed by atoms with van der Waals surface area (Å²) in [4.78, 5) is 4.40. The van der Waals surface area contributed by atoms with Gasteiger partial charge in [-0.1, -0.05) is 11.4 Å². The van der Waals surface area contributed by atoms with Gasteiger partial charge in [0.2, 0.25) is 0 Å². The predicted molar refractivity (Wildman–Crippen MR) is 62.4 cm³/mol. The zero-order valence-corrected chi connectivity index (χ0v) is 10.9. The van der Waals surface area contributed by atoms with E-state index in [0.29, 0.717) is 27.5 Å². The molecule has 2 N–H and O–H groups in total. The van der Waals surface area contributed by atoms with Crippen molar-refractivity contribution < 1.29 is 13.2 Å². The summed E-state index contributed by atoms with van der Waals surface area (Å²) in [6.07, 6.45) is -2.62. The number of hydrogen-bond donors (Lipinski definition) is 1. The Morgan fingerprint density at radius 3 is 2.72 bits per heavy atom. The molecule has 0 saturated heterocycles. The molecule has 2 aromatic heterocycles. The Morgan fingerprint density at radius 2 is 2.17 bits per heavy atom. The zero-order chi connectivity index (χ0) is 13.3. The smallest absolute Gasteiger partial charge is 0.319 e. The number of nitrogens with zero attached hydrogens (tertiary/aromatic N) is 3. The summed E-state index contributed by atoms with van der Waals surface area (Å²) in [6, 6.07) is -0.645. The van der Waals surface area contributed by atoms with Gasteiger partial charge in [-0.15, -0.1) is 16.4 Å². The van der Waals surface area contributed by atoms with Crippen molar-refractivity contribution in [2.75, 3.05) is 0 Å². The molecule has 0 spiro atoms. The molecule has 98 valence electrons. The molecule has 4 nitrogen and oxygen atoms in total. The van der Waals surface area contributed by atoms with Crippen LogP contribution in [0.4, 0.5) is 13.2 Å². The minimum atomic E-state index is -4.43. The zero-order valence-electron chi connectivity index (χ0n) is 9.23. The third kappa shape index (κ3) is 2.52. The second-order valence-corrected chi connectivity index (χ2v) is 5.33. The fraction of sp³-hybridized carbons (Fsp3) is 0.444. The molecular formula is C9H9F3N4S2. The molecule has 1 unspecified atom stereocenters. The number of aromatic nitrogens is 3. The third-order valence-corrected chi connectivity index (χ3v) is 4.25. The highest BCUT2D eigenvalue weighted by Crippen LogP contribution is 2.36. The molecule has 2 heterocycles. The molecule has 1 atom stereocenters. The Labute approximate surface area is 109 Å². The number of thiazole rings is 1. The molecule has 9 heteroatoms. The normalized spacial score (nSPS) is 13.8. The van der Waals surface area contributed by atoms with Gasteiger partial charge < -0.3 is 5.73 Å². The van der Waals surface area contributed by atoms with E-state index < -0.39 is 17.2 Å². The standard InChI is InChI=1S/C9H9F3N4S2/c1-2-4-7(18-16-15-4)6(13)5-3-14-8(17-5)9(10,11)12/h3,6H,2,13H2,1H3. The van der Waals surface area contributed by atoms with Gasteiger partial charge in [-0.05, 0) is 18.0 Å². The van der Waals surface area contributed by atoms with E-state index >= 15 is 0 Å². The summed E-state index contributed by atoms with van der Waals surface area (Å²) in [5.41, 5.74) is 6.64. The first kappa shape index (κ1) is 13.4. The number of rotatable bonds is 3. The van der Waals surface area contributed by atoms with E-state index in [2.05, 4.69) is 14.6 Å². The quantitative estimate of drug-likeness (QED) is 0.945. The Bertz CT molecular complexity index is 534. The summed E-state index contributed by atoms with van der Waals surface area (Å²) in [7, 11) is 0. The summed E-state index contributed by atoms with van der Waals surface area (Å²) in [6.45, 7) is 1.89. The highest BCUT2D eigenvalue weighted by molar-refractivity contribution is 7.12. The van der Waals surface area contributed by atoms with Gasteiger partial charge in [-0.25, -0.2) is 4.98 Å². The van der Waals surface area contributed by atoms with Crippen LogP contribution in [0.15, 0.2) is 6.20 Å².